The average Bonchev–Trinajstić information content (AvgIpc) is 2.07. The van der Waals surface area contributed by atoms with Crippen molar-refractivity contribution in [3.63, 3.8) is 0 Å². The smallest absolute Gasteiger partial charge is 0.0194 e. The summed E-state index contributed by atoms with van der Waals surface area (Å²) in [6, 6.07) is 0. The van der Waals surface area contributed by atoms with Crippen LogP contribution in [0.2, 0.25) is 0 Å². The van der Waals surface area contributed by atoms with Crippen LogP contribution < -0.4 is 11.1 Å². The molecule has 0 bridgehead atoms. The van der Waals surface area contributed by atoms with E-state index in [0.29, 0.717) is 5.92 Å². The van der Waals surface area contributed by atoms with Gasteiger partial charge in [-0.1, -0.05) is 0 Å². The molecule has 0 aromatic rings. The summed E-state index contributed by atoms with van der Waals surface area (Å²) in [6.07, 6.45) is 5.17. The van der Waals surface area contributed by atoms with E-state index in [0.717, 1.165) is 31.6 Å². The maximum absolute atomic E-state index is 6.85. The Labute approximate surface area is 67.2 Å². The standard InChI is InChI=1S/C8H15N3/c9-4-1-8(10)7-2-5-11-6-3-7/h1,4,7,9,11H,2-3,5-6,10H2. The van der Waals surface area contributed by atoms with Crippen molar-refractivity contribution in [2.45, 2.75) is 12.8 Å². The van der Waals surface area contributed by atoms with Gasteiger partial charge in [-0.3, -0.25) is 0 Å². The molecule has 0 unspecified atom stereocenters. The molecule has 1 heterocycles. The molecule has 1 aliphatic heterocycles. The monoisotopic (exact) mass is 153 g/mol. The Kier molecular flexibility index (Phi) is 3.11. The number of hydrogen-bond donors (Lipinski definition) is 3. The second-order valence-corrected chi connectivity index (χ2v) is 2.86. The van der Waals surface area contributed by atoms with Crippen molar-refractivity contribution in [2.24, 2.45) is 11.7 Å². The summed E-state index contributed by atoms with van der Waals surface area (Å²) in [4.78, 5) is 0. The highest BCUT2D eigenvalue weighted by atomic mass is 14.9. The molecule has 1 rings (SSSR count). The second-order valence-electron chi connectivity index (χ2n) is 2.86. The lowest BCUT2D eigenvalue weighted by molar-refractivity contribution is 0.417. The SMILES string of the molecule is N=CC=C(N)C1CCNCC1. The molecule has 11 heavy (non-hydrogen) atoms. The first kappa shape index (κ1) is 8.27. The summed E-state index contributed by atoms with van der Waals surface area (Å²) in [6.45, 7) is 2.11. The van der Waals surface area contributed by atoms with Crippen LogP contribution in [0.4, 0.5) is 0 Å². The fourth-order valence-corrected chi connectivity index (χ4v) is 1.39. The Balaban J connectivity index is 2.44. The fraction of sp³-hybridized carbons (Fsp3) is 0.625. The van der Waals surface area contributed by atoms with Crippen LogP contribution in [-0.4, -0.2) is 19.3 Å². The van der Waals surface area contributed by atoms with Crippen molar-refractivity contribution in [3.8, 4) is 0 Å². The summed E-state index contributed by atoms with van der Waals surface area (Å²) < 4.78 is 0. The molecule has 0 saturated carbocycles. The zero-order chi connectivity index (χ0) is 8.10. The van der Waals surface area contributed by atoms with Gasteiger partial charge in [-0.25, -0.2) is 0 Å². The van der Waals surface area contributed by atoms with Crippen molar-refractivity contribution < 1.29 is 0 Å². The van der Waals surface area contributed by atoms with Crippen molar-refractivity contribution in [1.29, 1.82) is 5.41 Å². The maximum atomic E-state index is 6.85. The molecule has 0 aliphatic carbocycles. The lowest BCUT2D eigenvalue weighted by Gasteiger charge is -2.22. The van der Waals surface area contributed by atoms with Gasteiger partial charge in [0.05, 0.1) is 0 Å². The van der Waals surface area contributed by atoms with Gasteiger partial charge in [0.2, 0.25) is 0 Å². The third kappa shape index (κ3) is 2.35. The lowest BCUT2D eigenvalue weighted by Crippen LogP contribution is -2.30. The first-order chi connectivity index (χ1) is 5.34. The summed E-state index contributed by atoms with van der Waals surface area (Å²) in [5, 5.41) is 10.1. The molecular weight excluding hydrogens is 138 g/mol. The third-order valence-electron chi connectivity index (χ3n) is 2.09. The normalized spacial score (nSPS) is 21.6. The van der Waals surface area contributed by atoms with Gasteiger partial charge in [0, 0.05) is 17.8 Å². The second kappa shape index (κ2) is 4.13. The molecule has 0 spiro atoms. The van der Waals surface area contributed by atoms with Gasteiger partial charge in [-0.05, 0) is 32.0 Å². The predicted octanol–water partition coefficient (Wildman–Crippen LogP) is 0.478. The lowest BCUT2D eigenvalue weighted by atomic mass is 9.95. The Bertz CT molecular complexity index is 157. The minimum Gasteiger partial charge on any atom is -0.402 e. The highest BCUT2D eigenvalue weighted by Crippen LogP contribution is 2.16. The fourth-order valence-electron chi connectivity index (χ4n) is 1.39. The highest BCUT2D eigenvalue weighted by Gasteiger charge is 2.14. The van der Waals surface area contributed by atoms with Gasteiger partial charge in [0.15, 0.2) is 0 Å². The van der Waals surface area contributed by atoms with E-state index in [4.69, 9.17) is 11.1 Å². The first-order valence-corrected chi connectivity index (χ1v) is 4.01. The zero-order valence-electron chi connectivity index (χ0n) is 6.64. The topological polar surface area (TPSA) is 61.9 Å². The quantitative estimate of drug-likeness (QED) is 0.505. The predicted molar refractivity (Wildman–Crippen MR) is 46.6 cm³/mol. The van der Waals surface area contributed by atoms with Gasteiger partial charge in [0.25, 0.3) is 0 Å². The minimum absolute atomic E-state index is 0.498. The van der Waals surface area contributed by atoms with E-state index in [2.05, 4.69) is 5.32 Å². The van der Waals surface area contributed by atoms with Gasteiger partial charge >= 0.3 is 0 Å². The van der Waals surface area contributed by atoms with Gasteiger partial charge in [-0.15, -0.1) is 0 Å². The molecule has 0 aromatic carbocycles. The van der Waals surface area contributed by atoms with Crippen LogP contribution in [0, 0.1) is 11.3 Å². The van der Waals surface area contributed by atoms with E-state index in [9.17, 15) is 0 Å². The molecular formula is C8H15N3. The van der Waals surface area contributed by atoms with Crippen LogP contribution in [0.1, 0.15) is 12.8 Å². The van der Waals surface area contributed by atoms with Crippen LogP contribution in [0.25, 0.3) is 0 Å². The number of allylic oxidation sites excluding steroid dienone is 2. The third-order valence-corrected chi connectivity index (χ3v) is 2.09. The Morgan fingerprint density at radius 2 is 2.09 bits per heavy atom. The van der Waals surface area contributed by atoms with Crippen LogP contribution in [0.15, 0.2) is 11.8 Å². The zero-order valence-corrected chi connectivity index (χ0v) is 6.64. The number of nitrogens with one attached hydrogen (secondary N) is 2. The maximum Gasteiger partial charge on any atom is 0.0194 e. The van der Waals surface area contributed by atoms with Crippen LogP contribution in [0.3, 0.4) is 0 Å². The van der Waals surface area contributed by atoms with Crippen molar-refractivity contribution in [1.82, 2.24) is 5.32 Å². The van der Waals surface area contributed by atoms with Gasteiger partial charge < -0.3 is 16.5 Å². The first-order valence-electron chi connectivity index (χ1n) is 4.01. The number of piperidine rings is 1. The Hall–Kier alpha value is -0.830. The van der Waals surface area contributed by atoms with E-state index in [-0.39, 0.29) is 0 Å². The average molecular weight is 153 g/mol. The largest absolute Gasteiger partial charge is 0.402 e. The number of hydrogen-bond acceptors (Lipinski definition) is 3. The van der Waals surface area contributed by atoms with Crippen LogP contribution in [0.5, 0.6) is 0 Å². The Morgan fingerprint density at radius 1 is 1.45 bits per heavy atom. The molecule has 0 amide bonds. The molecule has 4 N–H and O–H groups in total. The number of rotatable bonds is 2. The van der Waals surface area contributed by atoms with E-state index in [1.165, 1.54) is 6.21 Å². The molecule has 3 heteroatoms. The van der Waals surface area contributed by atoms with Crippen LogP contribution in [-0.2, 0) is 0 Å². The molecule has 1 fully saturated rings. The van der Waals surface area contributed by atoms with E-state index < -0.39 is 0 Å². The molecule has 3 nitrogen and oxygen atoms in total. The summed E-state index contributed by atoms with van der Waals surface area (Å²) >= 11 is 0. The summed E-state index contributed by atoms with van der Waals surface area (Å²) in [5.74, 6) is 0.498. The molecule has 0 radical (unpaired) electrons. The van der Waals surface area contributed by atoms with Crippen molar-refractivity contribution in [3.05, 3.63) is 11.8 Å². The molecule has 0 aromatic heterocycles. The van der Waals surface area contributed by atoms with E-state index >= 15 is 0 Å². The Morgan fingerprint density at radius 3 is 2.64 bits per heavy atom. The van der Waals surface area contributed by atoms with E-state index in [1.807, 2.05) is 0 Å². The highest BCUT2D eigenvalue weighted by molar-refractivity contribution is 5.68. The summed E-state index contributed by atoms with van der Waals surface area (Å²) in [5.41, 5.74) is 6.60. The number of nitrogens with two attached hydrogens (primary N) is 1. The minimum atomic E-state index is 0.498. The van der Waals surface area contributed by atoms with Crippen molar-refractivity contribution >= 4 is 6.21 Å². The van der Waals surface area contributed by atoms with Crippen molar-refractivity contribution in [2.75, 3.05) is 13.1 Å². The van der Waals surface area contributed by atoms with Gasteiger partial charge in [-0.2, -0.15) is 0 Å². The molecule has 0 atom stereocenters. The molecule has 1 aliphatic rings. The van der Waals surface area contributed by atoms with Crippen LogP contribution >= 0.6 is 0 Å². The van der Waals surface area contributed by atoms with Gasteiger partial charge in [0.1, 0.15) is 0 Å². The summed E-state index contributed by atoms with van der Waals surface area (Å²) in [7, 11) is 0. The van der Waals surface area contributed by atoms with E-state index in [1.54, 1.807) is 6.08 Å². The molecule has 62 valence electrons. The molecule has 1 saturated heterocycles.